The monoisotopic (exact) mass is 568 g/mol. The van der Waals surface area contributed by atoms with E-state index in [1.807, 2.05) is 27.7 Å². The molecule has 12 nitrogen and oxygen atoms in total. The summed E-state index contributed by atoms with van der Waals surface area (Å²) in [5.74, 6) is -1.08. The summed E-state index contributed by atoms with van der Waals surface area (Å²) in [4.78, 5) is 38.5. The standard InChI is InChI=1S/C26H29BN4O8S/c1-14(32)29(8)40(35,36)18-9-10-21-19(13-18)30(15(2)33)24-23-20(31(28-24)16(3)34)11-17(12-22(23)37-21)27-38-25(4,5)26(6,7)39-27/h9-13H,1-8H3. The molecule has 14 heteroatoms. The third-order valence-electron chi connectivity index (χ3n) is 7.59. The Bertz CT molecular complexity index is 1710. The van der Waals surface area contributed by atoms with Crippen LogP contribution in [0.5, 0.6) is 11.5 Å². The highest BCUT2D eigenvalue weighted by molar-refractivity contribution is 7.89. The first-order valence-corrected chi connectivity index (χ1v) is 14.0. The Kier molecular flexibility index (Phi) is 6.17. The number of aromatic nitrogens is 2. The van der Waals surface area contributed by atoms with E-state index in [-0.39, 0.29) is 27.9 Å². The van der Waals surface area contributed by atoms with Crippen molar-refractivity contribution in [1.29, 1.82) is 0 Å². The number of nitrogens with zero attached hydrogens (tertiary/aromatic N) is 4. The normalized spacial score (nSPS) is 17.3. The van der Waals surface area contributed by atoms with Crippen LogP contribution in [0.1, 0.15) is 53.3 Å². The van der Waals surface area contributed by atoms with Gasteiger partial charge in [0.1, 0.15) is 5.75 Å². The van der Waals surface area contributed by atoms with Crippen molar-refractivity contribution in [3.63, 3.8) is 0 Å². The quantitative estimate of drug-likeness (QED) is 0.437. The van der Waals surface area contributed by atoms with Gasteiger partial charge in [0, 0.05) is 27.8 Å². The number of sulfonamides is 1. The summed E-state index contributed by atoms with van der Waals surface area (Å²) in [6, 6.07) is 7.34. The molecule has 40 heavy (non-hydrogen) atoms. The Balaban J connectivity index is 1.75. The molecule has 1 saturated heterocycles. The van der Waals surface area contributed by atoms with Crippen molar-refractivity contribution in [2.45, 2.75) is 64.6 Å². The highest BCUT2D eigenvalue weighted by Gasteiger charge is 2.52. The molecular weight excluding hydrogens is 539 g/mol. The predicted octanol–water partition coefficient (Wildman–Crippen LogP) is 2.95. The number of benzene rings is 2. The first-order chi connectivity index (χ1) is 18.5. The third-order valence-corrected chi connectivity index (χ3v) is 9.42. The first-order valence-electron chi connectivity index (χ1n) is 12.5. The summed E-state index contributed by atoms with van der Waals surface area (Å²) in [5.41, 5.74) is -0.252. The number of hydrogen-bond donors (Lipinski definition) is 0. The number of carbonyl (C=O) groups is 3. The minimum absolute atomic E-state index is 0.0778. The lowest BCUT2D eigenvalue weighted by atomic mass is 9.78. The molecule has 0 unspecified atom stereocenters. The van der Waals surface area contributed by atoms with Crippen molar-refractivity contribution < 1.29 is 36.8 Å². The molecular formula is C26H29BN4O8S. The van der Waals surface area contributed by atoms with Gasteiger partial charge >= 0.3 is 7.12 Å². The van der Waals surface area contributed by atoms with Crippen LogP contribution in [-0.4, -0.2) is 65.6 Å². The fraction of sp³-hybridized carbons (Fsp3) is 0.385. The molecule has 2 aromatic carbocycles. The van der Waals surface area contributed by atoms with Gasteiger partial charge in [-0.15, -0.1) is 5.10 Å². The highest BCUT2D eigenvalue weighted by atomic mass is 32.2. The maximum absolute atomic E-state index is 13.1. The van der Waals surface area contributed by atoms with Crippen LogP contribution < -0.4 is 15.1 Å². The molecule has 2 aliphatic heterocycles. The zero-order valence-corrected chi connectivity index (χ0v) is 24.2. The summed E-state index contributed by atoms with van der Waals surface area (Å²) in [7, 11) is -3.86. The Hall–Kier alpha value is -3.75. The number of hydrogen-bond acceptors (Lipinski definition) is 9. The second kappa shape index (κ2) is 8.88. The molecule has 5 rings (SSSR count). The number of fused-ring (bicyclic) bond motifs is 1. The molecule has 0 N–H and O–H groups in total. The van der Waals surface area contributed by atoms with Crippen molar-refractivity contribution in [3.05, 3.63) is 30.3 Å². The smallest absolute Gasteiger partial charge is 0.454 e. The van der Waals surface area contributed by atoms with E-state index in [0.29, 0.717) is 20.7 Å². The van der Waals surface area contributed by atoms with Crippen molar-refractivity contribution in [3.8, 4) is 11.5 Å². The number of ether oxygens (including phenoxy) is 1. The van der Waals surface area contributed by atoms with Crippen LogP contribution in [0, 0.1) is 0 Å². The van der Waals surface area contributed by atoms with Gasteiger partial charge in [0.15, 0.2) is 11.6 Å². The average molecular weight is 568 g/mol. The molecule has 2 aliphatic rings. The fourth-order valence-corrected chi connectivity index (χ4v) is 5.76. The molecule has 0 aliphatic carbocycles. The Labute approximate surface area is 232 Å². The van der Waals surface area contributed by atoms with Crippen molar-refractivity contribution >= 4 is 62.7 Å². The number of carbonyl (C=O) groups excluding carboxylic acids is 3. The topological polar surface area (TPSA) is 137 Å². The minimum atomic E-state index is -4.22. The van der Waals surface area contributed by atoms with Crippen LogP contribution in [0.2, 0.25) is 0 Å². The molecule has 1 fully saturated rings. The average Bonchev–Trinajstić information content (AvgIpc) is 3.27. The van der Waals surface area contributed by atoms with Crippen LogP contribution in [0.3, 0.4) is 0 Å². The second-order valence-corrected chi connectivity index (χ2v) is 12.8. The van der Waals surface area contributed by atoms with Gasteiger partial charge in [-0.3, -0.25) is 19.3 Å². The Morgan fingerprint density at radius 2 is 1.55 bits per heavy atom. The van der Waals surface area contributed by atoms with Crippen LogP contribution in [-0.2, 0) is 28.9 Å². The number of anilines is 2. The summed E-state index contributed by atoms with van der Waals surface area (Å²) in [6.45, 7) is 11.4. The van der Waals surface area contributed by atoms with Gasteiger partial charge in [-0.05, 0) is 63.5 Å². The molecule has 3 heterocycles. The molecule has 0 spiro atoms. The van der Waals surface area contributed by atoms with Gasteiger partial charge < -0.3 is 14.0 Å². The highest BCUT2D eigenvalue weighted by Crippen LogP contribution is 2.47. The molecule has 0 saturated carbocycles. The molecule has 2 amide bonds. The van der Waals surface area contributed by atoms with Gasteiger partial charge in [0.25, 0.3) is 10.0 Å². The lowest BCUT2D eigenvalue weighted by Gasteiger charge is -2.32. The van der Waals surface area contributed by atoms with Gasteiger partial charge in [-0.2, -0.15) is 4.68 Å². The summed E-state index contributed by atoms with van der Waals surface area (Å²) in [5, 5.41) is 4.83. The number of rotatable bonds is 3. The molecule has 1 aromatic heterocycles. The zero-order chi connectivity index (χ0) is 29.5. The van der Waals surface area contributed by atoms with Crippen molar-refractivity contribution in [2.24, 2.45) is 0 Å². The first kappa shape index (κ1) is 27.8. The summed E-state index contributed by atoms with van der Waals surface area (Å²) in [6.07, 6.45) is 0. The van der Waals surface area contributed by atoms with Crippen LogP contribution >= 0.6 is 0 Å². The third kappa shape index (κ3) is 4.09. The maximum atomic E-state index is 13.1. The van der Waals surface area contributed by atoms with E-state index < -0.39 is 46.1 Å². The van der Waals surface area contributed by atoms with E-state index in [4.69, 9.17) is 14.0 Å². The van der Waals surface area contributed by atoms with E-state index in [1.54, 1.807) is 12.1 Å². The van der Waals surface area contributed by atoms with Gasteiger partial charge in [-0.25, -0.2) is 12.7 Å². The van der Waals surface area contributed by atoms with Crippen LogP contribution in [0.4, 0.5) is 11.5 Å². The molecule has 0 radical (unpaired) electrons. The van der Waals surface area contributed by atoms with Crippen LogP contribution in [0.25, 0.3) is 10.9 Å². The lowest BCUT2D eigenvalue weighted by molar-refractivity contribution is -0.123. The predicted molar refractivity (Wildman–Crippen MR) is 147 cm³/mol. The molecule has 210 valence electrons. The Morgan fingerprint density at radius 3 is 2.10 bits per heavy atom. The zero-order valence-electron chi connectivity index (χ0n) is 23.4. The molecule has 3 aromatic rings. The van der Waals surface area contributed by atoms with Crippen molar-refractivity contribution in [2.75, 3.05) is 11.9 Å². The van der Waals surface area contributed by atoms with E-state index in [0.717, 1.165) is 18.7 Å². The van der Waals surface area contributed by atoms with Gasteiger partial charge in [0.2, 0.25) is 17.7 Å². The van der Waals surface area contributed by atoms with Crippen LogP contribution in [0.15, 0.2) is 35.2 Å². The second-order valence-electron chi connectivity index (χ2n) is 10.8. The van der Waals surface area contributed by atoms with E-state index in [2.05, 4.69) is 5.10 Å². The minimum Gasteiger partial charge on any atom is -0.454 e. The molecule has 0 bridgehead atoms. The summed E-state index contributed by atoms with van der Waals surface area (Å²) < 4.78 is 46.7. The molecule has 0 atom stereocenters. The lowest BCUT2D eigenvalue weighted by Crippen LogP contribution is -2.41. The van der Waals surface area contributed by atoms with Crippen molar-refractivity contribution in [1.82, 2.24) is 14.1 Å². The fourth-order valence-electron chi connectivity index (χ4n) is 4.60. The SMILES string of the molecule is CC(=O)N1c2cc(S(=O)(=O)N(C)C(C)=O)ccc2Oc2cc(B3OC(C)(C)C(C)(C)O3)cc3c2c1nn3C(C)=O. The van der Waals surface area contributed by atoms with E-state index >= 15 is 0 Å². The van der Waals surface area contributed by atoms with E-state index in [9.17, 15) is 22.8 Å². The Morgan fingerprint density at radius 1 is 0.925 bits per heavy atom. The van der Waals surface area contributed by atoms with E-state index in [1.165, 1.54) is 36.9 Å². The van der Waals surface area contributed by atoms with Gasteiger partial charge in [0.05, 0.1) is 32.7 Å². The largest absolute Gasteiger partial charge is 0.495 e. The maximum Gasteiger partial charge on any atom is 0.495 e. The van der Waals surface area contributed by atoms with Gasteiger partial charge in [-0.1, -0.05) is 0 Å². The number of amides is 2. The summed E-state index contributed by atoms with van der Waals surface area (Å²) >= 11 is 0.